The fourth-order valence-electron chi connectivity index (χ4n) is 6.33. The van der Waals surface area contributed by atoms with Crippen LogP contribution in [0.25, 0.3) is 0 Å². The van der Waals surface area contributed by atoms with E-state index in [2.05, 4.69) is 71.6 Å². The van der Waals surface area contributed by atoms with E-state index in [-0.39, 0.29) is 0 Å². The molecular weight excluding hydrogens is 745 g/mol. The van der Waals surface area contributed by atoms with Crippen molar-refractivity contribution in [2.45, 2.75) is 77.4 Å². The Hall–Kier alpha value is -6.80. The second-order valence-electron chi connectivity index (χ2n) is 14.1. The van der Waals surface area contributed by atoms with Crippen LogP contribution < -0.4 is 0 Å². The summed E-state index contributed by atoms with van der Waals surface area (Å²) in [5, 5.41) is 19.2. The highest BCUT2D eigenvalue weighted by molar-refractivity contribution is 5.89. The van der Waals surface area contributed by atoms with Crippen LogP contribution in [0.4, 0.5) is 0 Å². The van der Waals surface area contributed by atoms with Gasteiger partial charge in [-0.05, 0) is 85.0 Å². The number of hydrogen-bond acceptors (Lipinski definition) is 4. The average molecular weight is 795 g/mol. The third kappa shape index (κ3) is 15.5. The number of carboxylic acid groups (broad SMARTS) is 2. The molecule has 6 heteroatoms. The van der Waals surface area contributed by atoms with Crippen molar-refractivity contribution in [3.63, 3.8) is 0 Å². The van der Waals surface area contributed by atoms with Gasteiger partial charge in [0.2, 0.25) is 0 Å². The minimum Gasteiger partial charge on any atom is -0.478 e. The molecule has 0 unspecified atom stereocenters. The molecule has 0 aliphatic heterocycles. The second-order valence-corrected chi connectivity index (χ2v) is 14.1. The van der Waals surface area contributed by atoms with Gasteiger partial charge in [-0.3, -0.25) is 0 Å². The number of benzene rings is 5. The van der Waals surface area contributed by atoms with Crippen molar-refractivity contribution in [3.05, 3.63) is 177 Å². The molecule has 2 N–H and O–H groups in total. The van der Waals surface area contributed by atoms with E-state index < -0.39 is 11.9 Å². The fourth-order valence-corrected chi connectivity index (χ4v) is 6.33. The standard InChI is InChI=1S/C54H50O6/c55-53(56)51-35-19-17-29-45(51)27-11-3-13-31-47-39-49(33-15-5-21-37-59-41-43-23-7-1-8-24-43)50(34-16-6-22-38-60-42-44-25-9-2-10-26-44)40-48(47)32-14-4-12-28-46-30-18-20-36-52(46)54(57)58/h1-2,7-10,17-20,23-26,29-30,35-36,39-40H,3-6,11-12,21-22,27-28,37-38,41-42H2,(H,55,56)(H,57,58). The fraction of sp³-hybridized carbons (Fsp3) is 0.259. The van der Waals surface area contributed by atoms with Crippen molar-refractivity contribution in [2.24, 2.45) is 0 Å². The summed E-state index contributed by atoms with van der Waals surface area (Å²) in [4.78, 5) is 23.4. The van der Waals surface area contributed by atoms with Crippen LogP contribution in [0.1, 0.15) is 117 Å². The van der Waals surface area contributed by atoms with Gasteiger partial charge in [0.1, 0.15) is 0 Å². The molecule has 0 atom stereocenters. The number of aromatic carboxylic acids is 2. The lowest BCUT2D eigenvalue weighted by Crippen LogP contribution is -2.01. The van der Waals surface area contributed by atoms with Crippen molar-refractivity contribution >= 4 is 11.9 Å². The Morgan fingerprint density at radius 1 is 0.433 bits per heavy atom. The number of aryl methyl sites for hydroxylation is 2. The van der Waals surface area contributed by atoms with Crippen molar-refractivity contribution in [1.29, 1.82) is 0 Å². The zero-order valence-electron chi connectivity index (χ0n) is 34.0. The quantitative estimate of drug-likeness (QED) is 0.0678. The maximum atomic E-state index is 11.7. The van der Waals surface area contributed by atoms with Crippen molar-refractivity contribution < 1.29 is 29.3 Å². The molecule has 0 spiro atoms. The maximum Gasteiger partial charge on any atom is 0.335 e. The topological polar surface area (TPSA) is 93.1 Å². The van der Waals surface area contributed by atoms with E-state index in [1.807, 2.05) is 72.8 Å². The van der Waals surface area contributed by atoms with E-state index >= 15 is 0 Å². The number of unbranched alkanes of at least 4 members (excludes halogenated alkanes) is 4. The minimum atomic E-state index is -0.932. The van der Waals surface area contributed by atoms with Crippen LogP contribution in [-0.2, 0) is 35.5 Å². The summed E-state index contributed by atoms with van der Waals surface area (Å²) >= 11 is 0. The molecule has 0 saturated carbocycles. The van der Waals surface area contributed by atoms with Gasteiger partial charge in [0.05, 0.1) is 24.3 Å². The van der Waals surface area contributed by atoms with Gasteiger partial charge in [0, 0.05) is 61.2 Å². The smallest absolute Gasteiger partial charge is 0.335 e. The van der Waals surface area contributed by atoms with Crippen LogP contribution in [-0.4, -0.2) is 35.4 Å². The summed E-state index contributed by atoms with van der Waals surface area (Å²) in [7, 11) is 0. The van der Waals surface area contributed by atoms with Gasteiger partial charge in [-0.2, -0.15) is 0 Å². The monoisotopic (exact) mass is 794 g/mol. The lowest BCUT2D eigenvalue weighted by Gasteiger charge is -2.05. The summed E-state index contributed by atoms with van der Waals surface area (Å²) in [6, 6.07) is 38.3. The van der Waals surface area contributed by atoms with Crippen LogP contribution >= 0.6 is 0 Å². The molecule has 0 aliphatic rings. The normalized spacial score (nSPS) is 10.1. The van der Waals surface area contributed by atoms with Crippen molar-refractivity contribution in [1.82, 2.24) is 0 Å². The molecule has 0 fully saturated rings. The van der Waals surface area contributed by atoms with E-state index in [4.69, 9.17) is 9.47 Å². The van der Waals surface area contributed by atoms with E-state index in [0.29, 0.717) is 88.9 Å². The molecular formula is C54H50O6. The molecule has 60 heavy (non-hydrogen) atoms. The highest BCUT2D eigenvalue weighted by atomic mass is 16.5. The van der Waals surface area contributed by atoms with Crippen LogP contribution in [0.3, 0.4) is 0 Å². The van der Waals surface area contributed by atoms with E-state index in [9.17, 15) is 19.8 Å². The first-order valence-electron chi connectivity index (χ1n) is 20.5. The van der Waals surface area contributed by atoms with Gasteiger partial charge < -0.3 is 19.7 Å². The highest BCUT2D eigenvalue weighted by Crippen LogP contribution is 2.18. The molecule has 0 saturated heterocycles. The predicted octanol–water partition coefficient (Wildman–Crippen LogP) is 10.5. The van der Waals surface area contributed by atoms with Crippen LogP contribution in [0.5, 0.6) is 0 Å². The van der Waals surface area contributed by atoms with Crippen molar-refractivity contribution in [2.75, 3.05) is 13.2 Å². The van der Waals surface area contributed by atoms with Gasteiger partial charge in [0.25, 0.3) is 0 Å². The molecule has 0 amide bonds. The largest absolute Gasteiger partial charge is 0.478 e. The summed E-state index contributed by atoms with van der Waals surface area (Å²) in [6.45, 7) is 2.34. The van der Waals surface area contributed by atoms with Gasteiger partial charge in [0.15, 0.2) is 0 Å². The van der Waals surface area contributed by atoms with Gasteiger partial charge in [-0.25, -0.2) is 9.59 Å². The molecule has 0 aliphatic carbocycles. The first-order chi connectivity index (χ1) is 29.5. The van der Waals surface area contributed by atoms with E-state index in [1.54, 1.807) is 24.3 Å². The van der Waals surface area contributed by atoms with Gasteiger partial charge in [-0.1, -0.05) is 144 Å². The molecule has 5 aromatic carbocycles. The zero-order valence-corrected chi connectivity index (χ0v) is 34.0. The highest BCUT2D eigenvalue weighted by Gasteiger charge is 2.10. The molecule has 6 nitrogen and oxygen atoms in total. The number of ether oxygens (including phenoxy) is 2. The van der Waals surface area contributed by atoms with Crippen LogP contribution in [0, 0.1) is 47.4 Å². The third-order valence-corrected chi connectivity index (χ3v) is 9.45. The van der Waals surface area contributed by atoms with Crippen molar-refractivity contribution in [3.8, 4) is 47.4 Å². The molecule has 0 heterocycles. The Morgan fingerprint density at radius 2 is 0.767 bits per heavy atom. The Balaban J connectivity index is 1.33. The predicted molar refractivity (Wildman–Crippen MR) is 237 cm³/mol. The average Bonchev–Trinajstić information content (AvgIpc) is 3.27. The Morgan fingerprint density at radius 3 is 1.13 bits per heavy atom. The zero-order chi connectivity index (χ0) is 42.0. The number of carboxylic acids is 2. The van der Waals surface area contributed by atoms with Crippen LogP contribution in [0.15, 0.2) is 121 Å². The Bertz CT molecular complexity index is 2250. The molecule has 302 valence electrons. The molecule has 0 radical (unpaired) electrons. The number of hydrogen-bond donors (Lipinski definition) is 2. The maximum absolute atomic E-state index is 11.7. The first kappa shape index (κ1) is 44.3. The summed E-state index contributed by atoms with van der Waals surface area (Å²) in [5.74, 6) is 24.8. The lowest BCUT2D eigenvalue weighted by molar-refractivity contribution is 0.0684. The summed E-state index contributed by atoms with van der Waals surface area (Å²) in [5.41, 5.74) is 7.55. The SMILES string of the molecule is O=C(O)c1ccccc1CCCC#Cc1cc(C#CCCCOCc2ccccc2)c(C#CCCCOCc2ccccc2)cc1C#CCCCc1ccccc1C(=O)O. The van der Waals surface area contributed by atoms with Gasteiger partial charge in [-0.15, -0.1) is 0 Å². The Kier molecular flexibility index (Phi) is 18.9. The van der Waals surface area contributed by atoms with E-state index in [1.165, 1.54) is 0 Å². The van der Waals surface area contributed by atoms with Gasteiger partial charge >= 0.3 is 11.9 Å². The molecule has 5 rings (SSSR count). The molecule has 5 aromatic rings. The summed E-state index contributed by atoms with van der Waals surface area (Å²) < 4.78 is 11.7. The third-order valence-electron chi connectivity index (χ3n) is 9.45. The molecule has 0 bridgehead atoms. The van der Waals surface area contributed by atoms with Crippen LogP contribution in [0.2, 0.25) is 0 Å². The van der Waals surface area contributed by atoms with E-state index in [0.717, 1.165) is 57.3 Å². The number of carbonyl (C=O) groups is 2. The molecule has 0 aromatic heterocycles. The lowest BCUT2D eigenvalue weighted by atomic mass is 9.97. The number of rotatable bonds is 18. The minimum absolute atomic E-state index is 0.317. The summed E-state index contributed by atoms with van der Waals surface area (Å²) in [6.07, 6.45) is 6.66. The second kappa shape index (κ2) is 25.5. The first-order valence-corrected chi connectivity index (χ1v) is 20.5. The Labute approximate surface area is 355 Å².